The fourth-order valence-corrected chi connectivity index (χ4v) is 2.29. The first-order chi connectivity index (χ1) is 12.2. The zero-order chi connectivity index (χ0) is 19.3. The Kier molecular flexibility index (Phi) is 6.14. The highest BCUT2D eigenvalue weighted by molar-refractivity contribution is 9.10. The minimum atomic E-state index is -0.629. The maximum atomic E-state index is 11.7. The van der Waals surface area contributed by atoms with Crippen molar-refractivity contribution < 1.29 is 23.8 Å². The van der Waals surface area contributed by atoms with E-state index in [9.17, 15) is 9.59 Å². The van der Waals surface area contributed by atoms with Gasteiger partial charge >= 0.3 is 12.1 Å². The molecule has 1 heterocycles. The van der Waals surface area contributed by atoms with Crippen LogP contribution in [0.3, 0.4) is 0 Å². The number of amides is 1. The van der Waals surface area contributed by atoms with Gasteiger partial charge < -0.3 is 14.2 Å². The predicted octanol–water partition coefficient (Wildman–Crippen LogP) is 4.17. The molecule has 26 heavy (non-hydrogen) atoms. The number of benzene rings is 1. The summed E-state index contributed by atoms with van der Waals surface area (Å²) in [6.45, 7) is 5.28. The number of anilines is 1. The van der Waals surface area contributed by atoms with E-state index >= 15 is 0 Å². The van der Waals surface area contributed by atoms with Crippen molar-refractivity contribution >= 4 is 33.8 Å². The van der Waals surface area contributed by atoms with E-state index in [1.54, 1.807) is 32.9 Å². The lowest BCUT2D eigenvalue weighted by atomic mass is 10.2. The van der Waals surface area contributed by atoms with Crippen LogP contribution in [0, 0.1) is 0 Å². The number of nitrogens with zero attached hydrogens (tertiary/aromatic N) is 2. The van der Waals surface area contributed by atoms with Crippen LogP contribution in [-0.2, 0) is 9.47 Å². The third-order valence-corrected chi connectivity index (χ3v) is 3.23. The molecule has 0 aliphatic carbocycles. The number of carbonyl (C=O) groups excluding carboxylic acids is 2. The standard InChI is InChI=1S/C17H18BrN3O5/c1-17(2,3)26-16(23)21-13-8-20-14(9-19-13)25-12-6-10(15(22)24-4)5-11(18)7-12/h5-9H,1-4H3,(H,19,21,23). The number of methoxy groups -OCH3 is 1. The average Bonchev–Trinajstić information content (AvgIpc) is 2.53. The Balaban J connectivity index is 2.06. The summed E-state index contributed by atoms with van der Waals surface area (Å²) in [6.07, 6.45) is 2.04. The fourth-order valence-electron chi connectivity index (χ4n) is 1.82. The third-order valence-electron chi connectivity index (χ3n) is 2.77. The first-order valence-electron chi connectivity index (χ1n) is 7.55. The smallest absolute Gasteiger partial charge is 0.413 e. The van der Waals surface area contributed by atoms with E-state index < -0.39 is 17.7 Å². The number of ether oxygens (including phenoxy) is 3. The molecule has 0 radical (unpaired) electrons. The molecule has 1 amide bonds. The third kappa shape index (κ3) is 5.99. The summed E-state index contributed by atoms with van der Waals surface area (Å²) in [7, 11) is 1.30. The van der Waals surface area contributed by atoms with Gasteiger partial charge in [0.2, 0.25) is 5.88 Å². The second-order valence-electron chi connectivity index (χ2n) is 6.14. The van der Waals surface area contributed by atoms with Gasteiger partial charge in [0.1, 0.15) is 11.4 Å². The van der Waals surface area contributed by atoms with Crippen LogP contribution in [0.1, 0.15) is 31.1 Å². The summed E-state index contributed by atoms with van der Waals surface area (Å²) < 4.78 is 16.0. The quantitative estimate of drug-likeness (QED) is 0.736. The van der Waals surface area contributed by atoms with E-state index in [-0.39, 0.29) is 11.7 Å². The average molecular weight is 424 g/mol. The van der Waals surface area contributed by atoms with Gasteiger partial charge in [0.15, 0.2) is 5.82 Å². The normalized spacial score (nSPS) is 10.8. The summed E-state index contributed by atoms with van der Waals surface area (Å²) in [5, 5.41) is 2.47. The number of carbonyl (C=O) groups is 2. The molecule has 2 aromatic rings. The molecule has 0 saturated carbocycles. The summed E-state index contributed by atoms with van der Waals surface area (Å²) in [5.41, 5.74) is -0.286. The molecule has 0 aliphatic heterocycles. The number of nitrogens with one attached hydrogen (secondary N) is 1. The van der Waals surface area contributed by atoms with Gasteiger partial charge in [-0.05, 0) is 39.0 Å². The summed E-state index contributed by atoms with van der Waals surface area (Å²) in [5.74, 6) is 0.297. The molecule has 8 nitrogen and oxygen atoms in total. The number of hydrogen-bond acceptors (Lipinski definition) is 7. The molecular formula is C17H18BrN3O5. The van der Waals surface area contributed by atoms with Crippen molar-refractivity contribution in [2.24, 2.45) is 0 Å². The summed E-state index contributed by atoms with van der Waals surface area (Å²) in [4.78, 5) is 31.4. The predicted molar refractivity (Wildman–Crippen MR) is 97.4 cm³/mol. The second kappa shape index (κ2) is 8.13. The molecule has 1 aromatic heterocycles. The van der Waals surface area contributed by atoms with Crippen molar-refractivity contribution in [2.75, 3.05) is 12.4 Å². The monoisotopic (exact) mass is 423 g/mol. The Bertz CT molecular complexity index is 803. The van der Waals surface area contributed by atoms with Crippen LogP contribution in [-0.4, -0.2) is 34.7 Å². The van der Waals surface area contributed by atoms with E-state index in [1.165, 1.54) is 25.6 Å². The Morgan fingerprint density at radius 3 is 2.42 bits per heavy atom. The van der Waals surface area contributed by atoms with Crippen LogP contribution in [0.15, 0.2) is 35.1 Å². The molecule has 9 heteroatoms. The van der Waals surface area contributed by atoms with Gasteiger partial charge in [-0.25, -0.2) is 19.6 Å². The number of esters is 1. The molecule has 0 unspecified atom stereocenters. The molecule has 1 aromatic carbocycles. The molecule has 0 atom stereocenters. The molecule has 2 rings (SSSR count). The Labute approximate surface area is 159 Å². The van der Waals surface area contributed by atoms with Gasteiger partial charge in [-0.1, -0.05) is 15.9 Å². The molecule has 0 aliphatic rings. The topological polar surface area (TPSA) is 99.6 Å². The largest absolute Gasteiger partial charge is 0.465 e. The fraction of sp³-hybridized carbons (Fsp3) is 0.294. The molecule has 0 fully saturated rings. The van der Waals surface area contributed by atoms with Crippen molar-refractivity contribution in [3.05, 3.63) is 40.6 Å². The Morgan fingerprint density at radius 1 is 1.12 bits per heavy atom. The first kappa shape index (κ1) is 19.6. The van der Waals surface area contributed by atoms with Gasteiger partial charge in [0.05, 0.1) is 25.1 Å². The number of hydrogen-bond donors (Lipinski definition) is 1. The number of rotatable bonds is 4. The lowest BCUT2D eigenvalue weighted by molar-refractivity contribution is 0.0597. The van der Waals surface area contributed by atoms with Crippen molar-refractivity contribution in [1.29, 1.82) is 0 Å². The highest BCUT2D eigenvalue weighted by Crippen LogP contribution is 2.26. The van der Waals surface area contributed by atoms with Gasteiger partial charge in [0, 0.05) is 4.47 Å². The SMILES string of the molecule is COC(=O)c1cc(Br)cc(Oc2cnc(NC(=O)OC(C)(C)C)cn2)c1. The maximum Gasteiger partial charge on any atom is 0.413 e. The molecule has 0 saturated heterocycles. The zero-order valence-electron chi connectivity index (χ0n) is 14.7. The molecule has 1 N–H and O–H groups in total. The zero-order valence-corrected chi connectivity index (χ0v) is 16.3. The minimum Gasteiger partial charge on any atom is -0.465 e. The summed E-state index contributed by atoms with van der Waals surface area (Å²) >= 11 is 3.30. The second-order valence-corrected chi connectivity index (χ2v) is 7.05. The highest BCUT2D eigenvalue weighted by Gasteiger charge is 2.16. The van der Waals surface area contributed by atoms with E-state index in [2.05, 4.69) is 36.0 Å². The Morgan fingerprint density at radius 2 is 1.85 bits per heavy atom. The molecule has 138 valence electrons. The van der Waals surface area contributed by atoms with Crippen molar-refractivity contribution in [3.8, 4) is 11.6 Å². The van der Waals surface area contributed by atoms with E-state index in [0.29, 0.717) is 15.8 Å². The van der Waals surface area contributed by atoms with E-state index in [1.807, 2.05) is 0 Å². The lowest BCUT2D eigenvalue weighted by Crippen LogP contribution is -2.27. The number of halogens is 1. The highest BCUT2D eigenvalue weighted by atomic mass is 79.9. The van der Waals surface area contributed by atoms with Gasteiger partial charge in [-0.15, -0.1) is 0 Å². The van der Waals surface area contributed by atoms with Crippen molar-refractivity contribution in [3.63, 3.8) is 0 Å². The lowest BCUT2D eigenvalue weighted by Gasteiger charge is -2.19. The van der Waals surface area contributed by atoms with E-state index in [0.717, 1.165) is 0 Å². The van der Waals surface area contributed by atoms with Crippen molar-refractivity contribution in [2.45, 2.75) is 26.4 Å². The van der Waals surface area contributed by atoms with Crippen LogP contribution in [0.5, 0.6) is 11.6 Å². The van der Waals surface area contributed by atoms with Gasteiger partial charge in [0.25, 0.3) is 0 Å². The minimum absolute atomic E-state index is 0.189. The maximum absolute atomic E-state index is 11.7. The number of aromatic nitrogens is 2. The summed E-state index contributed by atoms with van der Waals surface area (Å²) in [6, 6.07) is 4.80. The van der Waals surface area contributed by atoms with Crippen LogP contribution in [0.2, 0.25) is 0 Å². The molecule has 0 bridgehead atoms. The van der Waals surface area contributed by atoms with Gasteiger partial charge in [-0.3, -0.25) is 5.32 Å². The Hall–Kier alpha value is -2.68. The van der Waals surface area contributed by atoms with Crippen molar-refractivity contribution in [1.82, 2.24) is 9.97 Å². The molecular weight excluding hydrogens is 406 g/mol. The van der Waals surface area contributed by atoms with Crippen LogP contribution in [0.25, 0.3) is 0 Å². The van der Waals surface area contributed by atoms with Gasteiger partial charge in [-0.2, -0.15) is 0 Å². The van der Waals surface area contributed by atoms with Crippen LogP contribution >= 0.6 is 15.9 Å². The van der Waals surface area contributed by atoms with E-state index in [4.69, 9.17) is 9.47 Å². The molecule has 0 spiro atoms. The van der Waals surface area contributed by atoms with Crippen LogP contribution < -0.4 is 10.1 Å². The van der Waals surface area contributed by atoms with Crippen LogP contribution in [0.4, 0.5) is 10.6 Å². The first-order valence-corrected chi connectivity index (χ1v) is 8.34.